The second-order valence-corrected chi connectivity index (χ2v) is 8.46. The zero-order chi connectivity index (χ0) is 13.4. The molecule has 0 rings (SSSR count). The number of rotatable bonds is 8. The summed E-state index contributed by atoms with van der Waals surface area (Å²) in [6.45, 7) is 5.36. The average Bonchev–Trinajstić information content (AvgIpc) is 2.37. The average molecular weight is 276 g/mol. The van der Waals surface area contributed by atoms with E-state index < -0.39 is 17.6 Å². The van der Waals surface area contributed by atoms with Gasteiger partial charge in [-0.2, -0.15) is 0 Å². The molecule has 0 heterocycles. The summed E-state index contributed by atoms with van der Waals surface area (Å²) in [7, 11) is 0.137. The Morgan fingerprint density at radius 1 is 0.941 bits per heavy atom. The van der Waals surface area contributed by atoms with Crippen molar-refractivity contribution in [2.24, 2.45) is 0 Å². The van der Waals surface area contributed by atoms with Crippen molar-refractivity contribution in [2.75, 3.05) is 28.4 Å². The minimum Gasteiger partial charge on any atom is -0.374 e. The molecule has 0 aromatic heterocycles. The van der Waals surface area contributed by atoms with Crippen LogP contribution < -0.4 is 0 Å². The molecule has 0 aliphatic carbocycles. The van der Waals surface area contributed by atoms with Crippen LogP contribution in [0.15, 0.2) is 29.8 Å². The second kappa shape index (κ2) is 7.75. The predicted octanol–water partition coefficient (Wildman–Crippen LogP) is 1.46. The molecule has 5 nitrogen and oxygen atoms in total. The van der Waals surface area contributed by atoms with E-state index in [9.17, 15) is 0 Å². The van der Waals surface area contributed by atoms with Crippen LogP contribution in [0, 0.1) is 0 Å². The lowest BCUT2D eigenvalue weighted by Crippen LogP contribution is -2.55. The fourth-order valence-electron chi connectivity index (χ4n) is 1.18. The smallest absolute Gasteiger partial charge is 0.374 e. The summed E-state index contributed by atoms with van der Waals surface area (Å²) < 4.78 is 27.2. The van der Waals surface area contributed by atoms with Gasteiger partial charge in [-0.25, -0.2) is 0 Å². The fourth-order valence-corrected chi connectivity index (χ4v) is 6.11. The highest BCUT2D eigenvalue weighted by Crippen LogP contribution is 2.19. The van der Waals surface area contributed by atoms with Gasteiger partial charge >= 0.3 is 17.6 Å². The normalized spacial score (nSPS) is 12.8. The van der Waals surface area contributed by atoms with E-state index in [4.69, 9.17) is 21.8 Å². The van der Waals surface area contributed by atoms with E-state index in [-0.39, 0.29) is 0 Å². The molecule has 0 spiro atoms. The maximum atomic E-state index is 5.85. The van der Waals surface area contributed by atoms with Gasteiger partial charge in [-0.3, -0.25) is 0 Å². The molecule has 0 saturated carbocycles. The summed E-state index contributed by atoms with van der Waals surface area (Å²) in [5.74, 6) is 0. The van der Waals surface area contributed by atoms with Gasteiger partial charge in [0.05, 0.1) is 0 Å². The van der Waals surface area contributed by atoms with E-state index in [0.29, 0.717) is 0 Å². The Balaban J connectivity index is 5.24. The SMILES string of the molecule is C=C=C[Si](OC)(OC)O[Si](/C=C\C)(OC)OC. The highest BCUT2D eigenvalue weighted by molar-refractivity contribution is 6.80. The topological polar surface area (TPSA) is 46.2 Å². The lowest BCUT2D eigenvalue weighted by molar-refractivity contribution is 0.105. The first-order valence-corrected chi connectivity index (χ1v) is 8.59. The first-order chi connectivity index (χ1) is 8.07. The van der Waals surface area contributed by atoms with Crippen molar-refractivity contribution < 1.29 is 21.8 Å². The molecule has 0 saturated heterocycles. The van der Waals surface area contributed by atoms with Crippen LogP contribution in [-0.2, 0) is 21.8 Å². The van der Waals surface area contributed by atoms with Crippen LogP contribution in [0.1, 0.15) is 6.92 Å². The molecule has 0 radical (unpaired) electrons. The van der Waals surface area contributed by atoms with Crippen molar-refractivity contribution in [1.82, 2.24) is 0 Å². The van der Waals surface area contributed by atoms with Crippen molar-refractivity contribution in [2.45, 2.75) is 6.92 Å². The Morgan fingerprint density at radius 3 is 1.71 bits per heavy atom. The molecule has 7 heteroatoms. The summed E-state index contributed by atoms with van der Waals surface area (Å²) in [5, 5.41) is 0. The van der Waals surface area contributed by atoms with Crippen LogP contribution >= 0.6 is 0 Å². The van der Waals surface area contributed by atoms with Crippen LogP contribution in [0.4, 0.5) is 0 Å². The Morgan fingerprint density at radius 2 is 1.41 bits per heavy atom. The van der Waals surface area contributed by atoms with Crippen molar-refractivity contribution in [1.29, 1.82) is 0 Å². The first-order valence-electron chi connectivity index (χ1n) is 4.99. The minimum atomic E-state index is -3.00. The molecule has 0 N–H and O–H groups in total. The maximum Gasteiger partial charge on any atom is 0.530 e. The Labute approximate surface area is 105 Å². The van der Waals surface area contributed by atoms with Crippen LogP contribution in [0.25, 0.3) is 0 Å². The second-order valence-electron chi connectivity index (χ2n) is 2.97. The van der Waals surface area contributed by atoms with Gasteiger partial charge in [-0.1, -0.05) is 12.7 Å². The molecule has 0 aromatic rings. The minimum absolute atomic E-state index is 1.50. The fraction of sp³-hybridized carbons (Fsp3) is 0.500. The van der Waals surface area contributed by atoms with Crippen LogP contribution in [0.5, 0.6) is 0 Å². The van der Waals surface area contributed by atoms with Gasteiger partial charge in [0.15, 0.2) is 0 Å². The Kier molecular flexibility index (Phi) is 7.52. The third-order valence-corrected chi connectivity index (χ3v) is 7.92. The molecule has 0 bridgehead atoms. The van der Waals surface area contributed by atoms with Gasteiger partial charge in [0.1, 0.15) is 0 Å². The zero-order valence-corrected chi connectivity index (χ0v) is 13.0. The molecule has 0 aliphatic rings. The maximum absolute atomic E-state index is 5.85. The molecule has 98 valence electrons. The molecule has 0 amide bonds. The highest BCUT2D eigenvalue weighted by Gasteiger charge is 2.49. The quantitative estimate of drug-likeness (QED) is 0.496. The molecule has 0 aromatic carbocycles. The van der Waals surface area contributed by atoms with Gasteiger partial charge < -0.3 is 21.8 Å². The monoisotopic (exact) mass is 276 g/mol. The standard InChI is InChI=1S/C10H20O5Si2/c1-7-9-16(11-3,12-4)15-17(13-5,14-6)10-8-2/h8-10H,1H2,2-6H3/b10-8-. The summed E-state index contributed by atoms with van der Waals surface area (Å²) >= 11 is 0. The zero-order valence-electron chi connectivity index (χ0n) is 11.0. The molecule has 0 fully saturated rings. The molecule has 0 aliphatic heterocycles. The summed E-state index contributed by atoms with van der Waals surface area (Å²) in [6, 6.07) is 0. The predicted molar refractivity (Wildman–Crippen MR) is 69.2 cm³/mol. The van der Waals surface area contributed by atoms with Crippen LogP contribution in [0.2, 0.25) is 0 Å². The number of hydrogen-bond donors (Lipinski definition) is 0. The lowest BCUT2D eigenvalue weighted by Gasteiger charge is -2.31. The Bertz CT molecular complexity index is 291. The van der Waals surface area contributed by atoms with Gasteiger partial charge in [0.2, 0.25) is 0 Å². The van der Waals surface area contributed by atoms with Gasteiger partial charge in [-0.15, -0.1) is 5.73 Å². The first kappa shape index (κ1) is 16.5. The van der Waals surface area contributed by atoms with E-state index in [0.717, 1.165) is 0 Å². The lowest BCUT2D eigenvalue weighted by atomic mass is 10.8. The number of allylic oxidation sites excluding steroid dienone is 1. The number of hydrogen-bond acceptors (Lipinski definition) is 5. The van der Waals surface area contributed by atoms with E-state index in [1.54, 1.807) is 17.5 Å². The van der Waals surface area contributed by atoms with Crippen molar-refractivity contribution in [3.8, 4) is 0 Å². The van der Waals surface area contributed by atoms with Gasteiger partial charge in [0.25, 0.3) is 0 Å². The Hall–Kier alpha value is -0.506. The van der Waals surface area contributed by atoms with Crippen molar-refractivity contribution >= 4 is 17.6 Å². The molecular formula is C10H20O5Si2. The molecular weight excluding hydrogens is 256 g/mol. The third-order valence-electron chi connectivity index (χ3n) is 2.07. The summed E-state index contributed by atoms with van der Waals surface area (Å²) in [5.41, 5.74) is 5.93. The third kappa shape index (κ3) is 4.34. The van der Waals surface area contributed by atoms with Crippen LogP contribution in [-0.4, -0.2) is 46.0 Å². The van der Waals surface area contributed by atoms with E-state index in [1.807, 2.05) is 6.92 Å². The van der Waals surface area contributed by atoms with E-state index in [2.05, 4.69) is 12.3 Å². The summed E-state index contributed by atoms with van der Waals surface area (Å²) in [6.07, 6.45) is 1.81. The van der Waals surface area contributed by atoms with Crippen molar-refractivity contribution in [3.05, 3.63) is 29.8 Å². The van der Waals surface area contributed by atoms with Gasteiger partial charge in [-0.05, 0) is 12.6 Å². The molecule has 0 unspecified atom stereocenters. The molecule has 17 heavy (non-hydrogen) atoms. The highest BCUT2D eigenvalue weighted by atomic mass is 28.5. The van der Waals surface area contributed by atoms with Crippen molar-refractivity contribution in [3.63, 3.8) is 0 Å². The van der Waals surface area contributed by atoms with E-state index >= 15 is 0 Å². The summed E-state index contributed by atoms with van der Waals surface area (Å²) in [4.78, 5) is 0. The molecule has 0 atom stereocenters. The van der Waals surface area contributed by atoms with E-state index in [1.165, 1.54) is 28.4 Å². The largest absolute Gasteiger partial charge is 0.530 e. The van der Waals surface area contributed by atoms with Crippen LogP contribution in [0.3, 0.4) is 0 Å². The van der Waals surface area contributed by atoms with Gasteiger partial charge in [0, 0.05) is 34.1 Å².